The zero-order valence-electron chi connectivity index (χ0n) is 9.15. The van der Waals surface area contributed by atoms with Crippen molar-refractivity contribution in [3.05, 3.63) is 24.0 Å². The minimum Gasteiger partial charge on any atom is -0.487 e. The molecule has 1 aliphatic heterocycles. The van der Waals surface area contributed by atoms with Crippen molar-refractivity contribution < 1.29 is 14.6 Å². The van der Waals surface area contributed by atoms with Crippen LogP contribution in [0.25, 0.3) is 0 Å². The molecule has 88 valence electrons. The largest absolute Gasteiger partial charge is 0.487 e. The van der Waals surface area contributed by atoms with Gasteiger partial charge < -0.3 is 9.84 Å². The zero-order chi connectivity index (χ0) is 11.4. The Bertz CT molecular complexity index is 372. The monoisotopic (exact) mass is 240 g/mol. The van der Waals surface area contributed by atoms with Gasteiger partial charge in [-0.25, -0.2) is 0 Å². The molecule has 0 bridgehead atoms. The number of carbonyl (C=O) groups excluding carboxylic acids is 1. The van der Waals surface area contributed by atoms with Crippen LogP contribution >= 0.6 is 10.5 Å². The molecule has 1 aliphatic carbocycles. The Morgan fingerprint density at radius 1 is 1.31 bits per heavy atom. The summed E-state index contributed by atoms with van der Waals surface area (Å²) >= 11 is 0. The molecule has 1 saturated heterocycles. The predicted octanol–water partition coefficient (Wildman–Crippen LogP) is 1.25. The molecule has 0 aromatic carbocycles. The summed E-state index contributed by atoms with van der Waals surface area (Å²) in [7, 11) is 0.304. The number of carbonyl (C=O) groups is 1. The molecule has 4 heteroatoms. The van der Waals surface area contributed by atoms with E-state index in [-0.39, 0.29) is 19.0 Å². The topological polar surface area (TPSA) is 46.5 Å². The number of hydrogen-bond donors (Lipinski definition) is 1. The Morgan fingerprint density at radius 3 is 2.75 bits per heavy atom. The number of ketones is 1. The molecule has 1 fully saturated rings. The van der Waals surface area contributed by atoms with Crippen molar-refractivity contribution in [2.45, 2.75) is 12.8 Å². The highest BCUT2D eigenvalue weighted by Crippen LogP contribution is 2.29. The number of aliphatic hydroxyl groups is 1. The number of ether oxygens (including phenoxy) is 1. The van der Waals surface area contributed by atoms with Gasteiger partial charge in [0.05, 0.1) is 6.61 Å². The minimum absolute atomic E-state index is 0.0601. The second-order valence-corrected chi connectivity index (χ2v) is 6.06. The fourth-order valence-corrected chi connectivity index (χ4v) is 4.14. The van der Waals surface area contributed by atoms with E-state index in [0.717, 1.165) is 0 Å². The highest BCUT2D eigenvalue weighted by Gasteiger charge is 2.16. The number of allylic oxidation sites excluding steroid dienone is 3. The first-order valence-electron chi connectivity index (χ1n) is 5.53. The highest BCUT2D eigenvalue weighted by atomic mass is 32.2. The van der Waals surface area contributed by atoms with Crippen molar-refractivity contribution in [2.24, 2.45) is 0 Å². The lowest BCUT2D eigenvalue weighted by atomic mass is 10.1. The third kappa shape index (κ3) is 2.62. The van der Waals surface area contributed by atoms with Crippen LogP contribution in [0.15, 0.2) is 24.0 Å². The van der Waals surface area contributed by atoms with Gasteiger partial charge in [0.1, 0.15) is 6.61 Å². The number of hydrogen-bond acceptors (Lipinski definition) is 3. The molecule has 0 aromatic rings. The van der Waals surface area contributed by atoms with Crippen LogP contribution in [-0.2, 0) is 9.53 Å². The highest BCUT2D eigenvalue weighted by molar-refractivity contribution is 8.16. The molecule has 0 radical (unpaired) electrons. The fourth-order valence-electron chi connectivity index (χ4n) is 1.83. The lowest BCUT2D eigenvalue weighted by molar-refractivity contribution is -0.114. The molecule has 3 nitrogen and oxygen atoms in total. The van der Waals surface area contributed by atoms with Crippen molar-refractivity contribution >= 4 is 21.1 Å². The number of rotatable bonds is 3. The molecule has 0 saturated carbocycles. The van der Waals surface area contributed by atoms with E-state index in [9.17, 15) is 4.79 Å². The van der Waals surface area contributed by atoms with E-state index in [1.54, 1.807) is 6.08 Å². The van der Waals surface area contributed by atoms with Crippen LogP contribution in [0.3, 0.4) is 0 Å². The van der Waals surface area contributed by atoms with Gasteiger partial charge in [-0.15, -0.1) is 0 Å². The normalized spacial score (nSPS) is 21.4. The summed E-state index contributed by atoms with van der Waals surface area (Å²) in [6.07, 6.45) is 7.92. The molecule has 1 heterocycles. The molecule has 0 unspecified atom stereocenters. The molecular formula is C12H16O3S. The average Bonchev–Trinajstić information content (AvgIpc) is 2.81. The molecule has 0 spiro atoms. The molecule has 0 amide bonds. The van der Waals surface area contributed by atoms with Crippen LogP contribution in [0.4, 0.5) is 0 Å². The lowest BCUT2D eigenvalue weighted by Crippen LogP contribution is -2.12. The maximum absolute atomic E-state index is 11.5. The first-order chi connectivity index (χ1) is 7.81. The van der Waals surface area contributed by atoms with Gasteiger partial charge >= 0.3 is 0 Å². The second-order valence-electron chi connectivity index (χ2n) is 3.79. The van der Waals surface area contributed by atoms with E-state index in [4.69, 9.17) is 9.84 Å². The van der Waals surface area contributed by atoms with Crippen molar-refractivity contribution in [2.75, 3.05) is 24.7 Å². The lowest BCUT2D eigenvalue weighted by Gasteiger charge is -2.12. The minimum atomic E-state index is -0.0972. The average molecular weight is 240 g/mol. The first kappa shape index (κ1) is 11.6. The SMILES string of the molecule is O=C1C=CC(=S2CCCC2)C=C1OCCO. The van der Waals surface area contributed by atoms with Gasteiger partial charge in [-0.2, -0.15) is 10.5 Å². The Morgan fingerprint density at radius 2 is 2.06 bits per heavy atom. The third-order valence-corrected chi connectivity index (χ3v) is 5.11. The van der Waals surface area contributed by atoms with E-state index in [1.165, 1.54) is 29.2 Å². The van der Waals surface area contributed by atoms with Gasteiger partial charge in [-0.05, 0) is 42.6 Å². The summed E-state index contributed by atoms with van der Waals surface area (Å²) in [5, 5.41) is 8.67. The van der Waals surface area contributed by atoms with Crippen LogP contribution in [-0.4, -0.2) is 40.5 Å². The van der Waals surface area contributed by atoms with E-state index < -0.39 is 0 Å². The van der Waals surface area contributed by atoms with E-state index in [0.29, 0.717) is 16.2 Å². The third-order valence-electron chi connectivity index (χ3n) is 2.63. The van der Waals surface area contributed by atoms with Crippen LogP contribution < -0.4 is 0 Å². The maximum Gasteiger partial charge on any atom is 0.220 e. The van der Waals surface area contributed by atoms with Crippen molar-refractivity contribution in [3.63, 3.8) is 0 Å². The Balaban J connectivity index is 2.16. The first-order valence-corrected chi connectivity index (χ1v) is 7.10. The van der Waals surface area contributed by atoms with E-state index in [1.807, 2.05) is 12.2 Å². The fraction of sp³-hybridized carbons (Fsp3) is 0.500. The van der Waals surface area contributed by atoms with E-state index >= 15 is 0 Å². The molecule has 0 atom stereocenters. The number of aliphatic hydroxyl groups excluding tert-OH is 1. The Hall–Kier alpha value is -0.870. The van der Waals surface area contributed by atoms with Crippen LogP contribution in [0.5, 0.6) is 0 Å². The van der Waals surface area contributed by atoms with Crippen LogP contribution in [0.1, 0.15) is 12.8 Å². The Labute approximate surface area is 97.7 Å². The summed E-state index contributed by atoms with van der Waals surface area (Å²) in [6, 6.07) is 0. The van der Waals surface area contributed by atoms with Crippen LogP contribution in [0, 0.1) is 0 Å². The summed E-state index contributed by atoms with van der Waals surface area (Å²) in [6.45, 7) is 0.127. The van der Waals surface area contributed by atoms with Gasteiger partial charge in [-0.1, -0.05) is 0 Å². The smallest absolute Gasteiger partial charge is 0.220 e. The maximum atomic E-state index is 11.5. The summed E-state index contributed by atoms with van der Waals surface area (Å²) < 4.78 is 5.23. The quantitative estimate of drug-likeness (QED) is 0.755. The van der Waals surface area contributed by atoms with Crippen molar-refractivity contribution in [3.8, 4) is 0 Å². The van der Waals surface area contributed by atoms with E-state index in [2.05, 4.69) is 0 Å². The Kier molecular flexibility index (Phi) is 3.96. The van der Waals surface area contributed by atoms with Gasteiger partial charge in [0.15, 0.2) is 5.76 Å². The van der Waals surface area contributed by atoms with Crippen molar-refractivity contribution in [1.29, 1.82) is 0 Å². The molecular weight excluding hydrogens is 224 g/mol. The molecule has 16 heavy (non-hydrogen) atoms. The van der Waals surface area contributed by atoms with Gasteiger partial charge in [0.2, 0.25) is 5.78 Å². The summed E-state index contributed by atoms with van der Waals surface area (Å²) in [5.41, 5.74) is 0. The van der Waals surface area contributed by atoms with Gasteiger partial charge in [0.25, 0.3) is 0 Å². The molecule has 0 aromatic heterocycles. The van der Waals surface area contributed by atoms with Gasteiger partial charge in [0, 0.05) is 4.86 Å². The van der Waals surface area contributed by atoms with Crippen LogP contribution in [0.2, 0.25) is 0 Å². The predicted molar refractivity (Wildman–Crippen MR) is 66.8 cm³/mol. The second kappa shape index (κ2) is 5.46. The molecule has 2 aliphatic rings. The van der Waals surface area contributed by atoms with Crippen molar-refractivity contribution in [1.82, 2.24) is 0 Å². The standard InChI is InChI=1S/C12H16O3S/c13-5-6-15-12-9-10(3-4-11(12)14)16-7-1-2-8-16/h3-4,9,13H,1-2,5-8H2. The summed E-state index contributed by atoms with van der Waals surface area (Å²) in [4.78, 5) is 12.7. The zero-order valence-corrected chi connectivity index (χ0v) is 9.96. The molecule has 2 rings (SSSR count). The molecule has 1 N–H and O–H groups in total. The summed E-state index contributed by atoms with van der Waals surface area (Å²) in [5.74, 6) is 2.75. The van der Waals surface area contributed by atoms with Gasteiger partial charge in [-0.3, -0.25) is 4.79 Å².